The van der Waals surface area contributed by atoms with Crippen molar-refractivity contribution in [3.8, 4) is 0 Å². The van der Waals surface area contributed by atoms with Crippen LogP contribution < -0.4 is 16.4 Å². The first-order valence-electron chi connectivity index (χ1n) is 6.76. The molecule has 18 heavy (non-hydrogen) atoms. The number of carbonyl (C=O) groups is 2. The minimum absolute atomic E-state index is 0.0414. The van der Waals surface area contributed by atoms with Gasteiger partial charge in [-0.25, -0.2) is 0 Å². The van der Waals surface area contributed by atoms with Gasteiger partial charge < -0.3 is 16.4 Å². The summed E-state index contributed by atoms with van der Waals surface area (Å²) >= 11 is 0. The van der Waals surface area contributed by atoms with E-state index in [0.717, 1.165) is 6.42 Å². The van der Waals surface area contributed by atoms with Crippen molar-refractivity contribution in [3.05, 3.63) is 0 Å². The molecule has 4 N–H and O–H groups in total. The highest BCUT2D eigenvalue weighted by atomic mass is 16.2. The van der Waals surface area contributed by atoms with Gasteiger partial charge in [-0.3, -0.25) is 9.59 Å². The summed E-state index contributed by atoms with van der Waals surface area (Å²) in [7, 11) is 0. The Kier molecular flexibility index (Phi) is 7.59. The lowest BCUT2D eigenvalue weighted by atomic mass is 9.93. The average Bonchev–Trinajstić information content (AvgIpc) is 2.37. The van der Waals surface area contributed by atoms with Crippen LogP contribution in [0.5, 0.6) is 0 Å². The van der Waals surface area contributed by atoms with Crippen molar-refractivity contribution < 1.29 is 9.59 Å². The highest BCUT2D eigenvalue weighted by Crippen LogP contribution is 2.10. The Morgan fingerprint density at radius 3 is 2.22 bits per heavy atom. The lowest BCUT2D eigenvalue weighted by molar-refractivity contribution is -0.126. The predicted molar refractivity (Wildman–Crippen MR) is 73.0 cm³/mol. The van der Waals surface area contributed by atoms with Crippen molar-refractivity contribution in [2.75, 3.05) is 6.54 Å². The van der Waals surface area contributed by atoms with E-state index in [-0.39, 0.29) is 17.9 Å². The van der Waals surface area contributed by atoms with Crippen LogP contribution in [-0.4, -0.2) is 29.9 Å². The Hall–Kier alpha value is -1.10. The molecule has 0 aromatic rings. The molecule has 0 aromatic carbocycles. The number of carbonyl (C=O) groups excluding carboxylic acids is 2. The molecule has 1 atom stereocenters. The fraction of sp³-hybridized carbons (Fsp3) is 0.846. The van der Waals surface area contributed by atoms with Gasteiger partial charge in [0.15, 0.2) is 0 Å². The summed E-state index contributed by atoms with van der Waals surface area (Å²) in [5.41, 5.74) is 5.13. The first kappa shape index (κ1) is 16.9. The topological polar surface area (TPSA) is 84.2 Å². The van der Waals surface area contributed by atoms with Crippen LogP contribution in [0.25, 0.3) is 0 Å². The highest BCUT2D eigenvalue weighted by Gasteiger charge is 2.29. The van der Waals surface area contributed by atoms with E-state index in [4.69, 9.17) is 5.73 Å². The van der Waals surface area contributed by atoms with Gasteiger partial charge in [0.1, 0.15) is 0 Å². The maximum absolute atomic E-state index is 11.8. The summed E-state index contributed by atoms with van der Waals surface area (Å²) < 4.78 is 0. The van der Waals surface area contributed by atoms with E-state index in [1.165, 1.54) is 0 Å². The molecule has 0 aromatic heterocycles. The van der Waals surface area contributed by atoms with Crippen molar-refractivity contribution in [2.45, 2.75) is 65.0 Å². The molecule has 0 spiro atoms. The third-order valence-corrected chi connectivity index (χ3v) is 3.37. The summed E-state index contributed by atoms with van der Waals surface area (Å²) in [6.07, 6.45) is 2.37. The van der Waals surface area contributed by atoms with Gasteiger partial charge in [0, 0.05) is 19.0 Å². The Balaban J connectivity index is 3.98. The van der Waals surface area contributed by atoms with Gasteiger partial charge in [0.05, 0.1) is 5.54 Å². The second-order valence-corrected chi connectivity index (χ2v) is 4.75. The van der Waals surface area contributed by atoms with Crippen LogP contribution in [0.2, 0.25) is 0 Å². The van der Waals surface area contributed by atoms with Gasteiger partial charge in [-0.15, -0.1) is 0 Å². The van der Waals surface area contributed by atoms with Crippen LogP contribution >= 0.6 is 0 Å². The fourth-order valence-electron chi connectivity index (χ4n) is 1.49. The molecule has 0 aliphatic carbocycles. The molecule has 0 heterocycles. The Bertz CT molecular complexity index is 275. The monoisotopic (exact) mass is 257 g/mol. The van der Waals surface area contributed by atoms with Gasteiger partial charge in [-0.05, 0) is 26.2 Å². The highest BCUT2D eigenvalue weighted by molar-refractivity contribution is 5.86. The fourth-order valence-corrected chi connectivity index (χ4v) is 1.49. The molecule has 2 amide bonds. The van der Waals surface area contributed by atoms with Crippen molar-refractivity contribution in [1.82, 2.24) is 10.6 Å². The number of rotatable bonds is 8. The Morgan fingerprint density at radius 2 is 1.78 bits per heavy atom. The van der Waals surface area contributed by atoms with Crippen LogP contribution in [0.4, 0.5) is 0 Å². The quantitative estimate of drug-likeness (QED) is 0.604. The van der Waals surface area contributed by atoms with Crippen LogP contribution in [0.3, 0.4) is 0 Å². The summed E-state index contributed by atoms with van der Waals surface area (Å²) in [5.74, 6) is -0.218. The summed E-state index contributed by atoms with van der Waals surface area (Å²) in [4.78, 5) is 23.3. The number of hydrogen-bond donors (Lipinski definition) is 3. The van der Waals surface area contributed by atoms with E-state index in [2.05, 4.69) is 10.6 Å². The van der Waals surface area contributed by atoms with Gasteiger partial charge in [-0.2, -0.15) is 0 Å². The number of nitrogens with two attached hydrogens (primary N) is 1. The molecular weight excluding hydrogens is 230 g/mol. The maximum Gasteiger partial charge on any atom is 0.240 e. The molecule has 0 bridgehead atoms. The SMILES string of the molecule is CCC(C)NC(=O)CCNC(=O)C(N)(CC)CC. The average molecular weight is 257 g/mol. The van der Waals surface area contributed by atoms with Gasteiger partial charge in [-0.1, -0.05) is 20.8 Å². The molecular formula is C13H27N3O2. The van der Waals surface area contributed by atoms with Crippen molar-refractivity contribution >= 4 is 11.8 Å². The summed E-state index contributed by atoms with van der Waals surface area (Å²) in [5, 5.41) is 5.57. The molecule has 0 aliphatic rings. The van der Waals surface area contributed by atoms with E-state index in [9.17, 15) is 9.59 Å². The first-order chi connectivity index (χ1) is 8.39. The lowest BCUT2D eigenvalue weighted by Gasteiger charge is -2.25. The normalized spacial score (nSPS) is 12.9. The molecule has 5 heteroatoms. The van der Waals surface area contributed by atoms with Crippen LogP contribution in [0, 0.1) is 0 Å². The Morgan fingerprint density at radius 1 is 1.22 bits per heavy atom. The second-order valence-electron chi connectivity index (χ2n) is 4.75. The predicted octanol–water partition coefficient (Wildman–Crippen LogP) is 0.925. The van der Waals surface area contributed by atoms with Crippen LogP contribution in [0.1, 0.15) is 53.4 Å². The largest absolute Gasteiger partial charge is 0.354 e. The van der Waals surface area contributed by atoms with E-state index in [1.54, 1.807) is 0 Å². The van der Waals surface area contributed by atoms with Gasteiger partial charge >= 0.3 is 0 Å². The molecule has 0 fully saturated rings. The minimum Gasteiger partial charge on any atom is -0.354 e. The van der Waals surface area contributed by atoms with Crippen LogP contribution in [0.15, 0.2) is 0 Å². The smallest absolute Gasteiger partial charge is 0.240 e. The minimum atomic E-state index is -0.812. The number of hydrogen-bond acceptors (Lipinski definition) is 3. The zero-order valence-electron chi connectivity index (χ0n) is 12.0. The van der Waals surface area contributed by atoms with E-state index in [1.807, 2.05) is 27.7 Å². The third kappa shape index (κ3) is 5.49. The molecule has 106 valence electrons. The van der Waals surface area contributed by atoms with Gasteiger partial charge in [0.25, 0.3) is 0 Å². The zero-order valence-corrected chi connectivity index (χ0v) is 12.0. The lowest BCUT2D eigenvalue weighted by Crippen LogP contribution is -2.53. The van der Waals surface area contributed by atoms with Crippen molar-refractivity contribution in [2.24, 2.45) is 5.73 Å². The summed E-state index contributed by atoms with van der Waals surface area (Å²) in [6.45, 7) is 8.07. The van der Waals surface area contributed by atoms with E-state index >= 15 is 0 Å². The standard InChI is InChI=1S/C13H27N3O2/c1-5-10(4)16-11(17)8-9-15-12(18)13(14,6-2)7-3/h10H,5-9,14H2,1-4H3,(H,15,18)(H,16,17). The molecule has 0 saturated heterocycles. The van der Waals surface area contributed by atoms with E-state index < -0.39 is 5.54 Å². The molecule has 0 rings (SSSR count). The van der Waals surface area contributed by atoms with Crippen LogP contribution in [-0.2, 0) is 9.59 Å². The number of amides is 2. The molecule has 5 nitrogen and oxygen atoms in total. The first-order valence-corrected chi connectivity index (χ1v) is 6.76. The molecule has 0 aliphatic heterocycles. The van der Waals surface area contributed by atoms with Crippen molar-refractivity contribution in [1.29, 1.82) is 0 Å². The van der Waals surface area contributed by atoms with Gasteiger partial charge in [0.2, 0.25) is 11.8 Å². The van der Waals surface area contributed by atoms with Crippen molar-refractivity contribution in [3.63, 3.8) is 0 Å². The molecule has 0 saturated carbocycles. The second kappa shape index (κ2) is 8.08. The molecule has 0 radical (unpaired) electrons. The third-order valence-electron chi connectivity index (χ3n) is 3.37. The van der Waals surface area contributed by atoms with E-state index in [0.29, 0.717) is 25.8 Å². The Labute approximate surface area is 110 Å². The molecule has 1 unspecified atom stereocenters. The number of nitrogens with one attached hydrogen (secondary N) is 2. The summed E-state index contributed by atoms with van der Waals surface area (Å²) in [6, 6.07) is 0.174. The zero-order chi connectivity index (χ0) is 14.2. The maximum atomic E-state index is 11.8.